The van der Waals surface area contributed by atoms with Gasteiger partial charge in [0.25, 0.3) is 6.17 Å². The standard InChI is InChI=1S/C5H3F10N/c6-1(3(9,10)11)2(7,8)4(12,13)5(14,15)16/h1H,16H2. The van der Waals surface area contributed by atoms with E-state index in [1.54, 1.807) is 0 Å². The maximum atomic E-state index is 12.2. The van der Waals surface area contributed by atoms with E-state index in [0.29, 0.717) is 0 Å². The SMILES string of the molecule is NC(F)(F)C(F)(F)C(F)(F)C(F)C(F)(F)F. The summed E-state index contributed by atoms with van der Waals surface area (Å²) in [4.78, 5) is 0. The van der Waals surface area contributed by atoms with Gasteiger partial charge >= 0.3 is 24.1 Å². The smallest absolute Gasteiger partial charge is 0.267 e. The number of halogens is 10. The summed E-state index contributed by atoms with van der Waals surface area (Å²) in [6, 6.07) is -5.99. The van der Waals surface area contributed by atoms with Gasteiger partial charge in [-0.1, -0.05) is 0 Å². The van der Waals surface area contributed by atoms with Gasteiger partial charge in [0.1, 0.15) is 0 Å². The van der Waals surface area contributed by atoms with Crippen molar-refractivity contribution < 1.29 is 43.9 Å². The van der Waals surface area contributed by atoms with Gasteiger partial charge in [-0.2, -0.15) is 39.5 Å². The van der Waals surface area contributed by atoms with Crippen molar-refractivity contribution >= 4 is 0 Å². The molecule has 0 amide bonds. The average Bonchev–Trinajstić information content (AvgIpc) is 1.98. The summed E-state index contributed by atoms with van der Waals surface area (Å²) in [5, 5.41) is 0. The summed E-state index contributed by atoms with van der Waals surface area (Å²) in [5.74, 6) is -13.3. The van der Waals surface area contributed by atoms with Crippen LogP contribution in [0.2, 0.25) is 0 Å². The van der Waals surface area contributed by atoms with Gasteiger partial charge in [0, 0.05) is 0 Å². The van der Waals surface area contributed by atoms with E-state index in [0.717, 1.165) is 0 Å². The molecule has 16 heavy (non-hydrogen) atoms. The molecule has 0 bridgehead atoms. The van der Waals surface area contributed by atoms with Crippen molar-refractivity contribution in [3.05, 3.63) is 0 Å². The molecule has 0 heterocycles. The Hall–Kier alpha value is -0.740. The van der Waals surface area contributed by atoms with Crippen LogP contribution in [0.5, 0.6) is 0 Å². The first-order chi connectivity index (χ1) is 6.65. The van der Waals surface area contributed by atoms with Crippen LogP contribution in [0.1, 0.15) is 0 Å². The molecule has 0 aromatic carbocycles. The second-order valence-electron chi connectivity index (χ2n) is 2.72. The maximum Gasteiger partial charge on any atom is 0.425 e. The summed E-state index contributed by atoms with van der Waals surface area (Å²) in [6.07, 6.45) is -11.9. The molecule has 0 aromatic rings. The van der Waals surface area contributed by atoms with Crippen LogP contribution in [0.3, 0.4) is 0 Å². The normalized spacial score (nSPS) is 17.4. The quantitative estimate of drug-likeness (QED) is 0.617. The van der Waals surface area contributed by atoms with Gasteiger partial charge in [0.15, 0.2) is 0 Å². The Morgan fingerprint density at radius 3 is 1.25 bits per heavy atom. The lowest BCUT2D eigenvalue weighted by atomic mass is 10.0. The van der Waals surface area contributed by atoms with Crippen LogP contribution in [-0.4, -0.2) is 30.2 Å². The van der Waals surface area contributed by atoms with Crippen molar-refractivity contribution in [2.24, 2.45) is 5.73 Å². The van der Waals surface area contributed by atoms with Gasteiger partial charge in [0.05, 0.1) is 0 Å². The Morgan fingerprint density at radius 2 is 1.06 bits per heavy atom. The van der Waals surface area contributed by atoms with Crippen LogP contribution in [0.4, 0.5) is 43.9 Å². The molecule has 11 heteroatoms. The fourth-order valence-electron chi connectivity index (χ4n) is 0.587. The van der Waals surface area contributed by atoms with Crippen molar-refractivity contribution in [1.82, 2.24) is 0 Å². The maximum absolute atomic E-state index is 12.2. The van der Waals surface area contributed by atoms with Gasteiger partial charge in [-0.15, -0.1) is 0 Å². The van der Waals surface area contributed by atoms with Gasteiger partial charge in [-0.25, -0.2) is 4.39 Å². The fourth-order valence-corrected chi connectivity index (χ4v) is 0.587. The molecule has 0 saturated carbocycles. The highest BCUT2D eigenvalue weighted by Crippen LogP contribution is 2.49. The molecule has 0 rings (SSSR count). The Labute approximate surface area is 81.2 Å². The van der Waals surface area contributed by atoms with Crippen LogP contribution in [0.15, 0.2) is 0 Å². The Morgan fingerprint density at radius 1 is 0.750 bits per heavy atom. The number of hydrogen-bond donors (Lipinski definition) is 1. The molecule has 0 aliphatic carbocycles. The number of rotatable bonds is 3. The van der Waals surface area contributed by atoms with E-state index in [1.165, 1.54) is 0 Å². The minimum absolute atomic E-state index is 3.28. The molecule has 0 aliphatic heterocycles. The summed E-state index contributed by atoms with van der Waals surface area (Å²) in [5.41, 5.74) is 3.28. The fraction of sp³-hybridized carbons (Fsp3) is 1.00. The molecule has 2 N–H and O–H groups in total. The number of nitrogens with two attached hydrogens (primary N) is 1. The molecule has 0 radical (unpaired) electrons. The van der Waals surface area contributed by atoms with E-state index in [-0.39, 0.29) is 0 Å². The van der Waals surface area contributed by atoms with Crippen molar-refractivity contribution in [3.63, 3.8) is 0 Å². The lowest BCUT2D eigenvalue weighted by molar-refractivity contribution is -0.354. The van der Waals surface area contributed by atoms with Crippen LogP contribution in [0.25, 0.3) is 0 Å². The molecule has 1 unspecified atom stereocenters. The van der Waals surface area contributed by atoms with E-state index in [2.05, 4.69) is 5.73 Å². The molecular weight excluding hydrogens is 264 g/mol. The van der Waals surface area contributed by atoms with E-state index < -0.39 is 30.2 Å². The summed E-state index contributed by atoms with van der Waals surface area (Å²) < 4.78 is 118. The zero-order valence-corrected chi connectivity index (χ0v) is 6.93. The monoisotopic (exact) mass is 267 g/mol. The number of hydrogen-bond acceptors (Lipinski definition) is 1. The zero-order valence-electron chi connectivity index (χ0n) is 6.93. The predicted molar refractivity (Wildman–Crippen MR) is 30.0 cm³/mol. The van der Waals surface area contributed by atoms with Crippen molar-refractivity contribution in [3.8, 4) is 0 Å². The third-order valence-corrected chi connectivity index (χ3v) is 1.44. The lowest BCUT2D eigenvalue weighted by Gasteiger charge is -2.32. The van der Waals surface area contributed by atoms with Crippen LogP contribution >= 0.6 is 0 Å². The molecule has 0 aliphatic rings. The third-order valence-electron chi connectivity index (χ3n) is 1.44. The molecule has 0 fully saturated rings. The summed E-state index contributed by atoms with van der Waals surface area (Å²) >= 11 is 0. The first-order valence-electron chi connectivity index (χ1n) is 3.29. The topological polar surface area (TPSA) is 26.0 Å². The van der Waals surface area contributed by atoms with Crippen molar-refractivity contribution in [2.45, 2.75) is 30.2 Å². The Balaban J connectivity index is 5.37. The van der Waals surface area contributed by atoms with Gasteiger partial charge < -0.3 is 0 Å². The van der Waals surface area contributed by atoms with Crippen molar-refractivity contribution in [1.29, 1.82) is 0 Å². The minimum atomic E-state index is -6.68. The average molecular weight is 267 g/mol. The first-order valence-corrected chi connectivity index (χ1v) is 3.29. The molecular formula is C5H3F10N. The highest BCUT2D eigenvalue weighted by molar-refractivity contribution is 4.99. The van der Waals surface area contributed by atoms with Gasteiger partial charge in [0.2, 0.25) is 0 Å². The lowest BCUT2D eigenvalue weighted by Crippen LogP contribution is -2.64. The van der Waals surface area contributed by atoms with E-state index in [9.17, 15) is 43.9 Å². The molecule has 1 nitrogen and oxygen atoms in total. The number of alkyl halides is 10. The minimum Gasteiger partial charge on any atom is -0.267 e. The molecule has 0 saturated heterocycles. The van der Waals surface area contributed by atoms with Gasteiger partial charge in [-0.3, -0.25) is 5.73 Å². The van der Waals surface area contributed by atoms with Crippen LogP contribution in [0, 0.1) is 0 Å². The van der Waals surface area contributed by atoms with E-state index in [1.807, 2.05) is 0 Å². The first kappa shape index (κ1) is 15.3. The van der Waals surface area contributed by atoms with E-state index >= 15 is 0 Å². The molecule has 98 valence electrons. The van der Waals surface area contributed by atoms with E-state index in [4.69, 9.17) is 0 Å². The van der Waals surface area contributed by atoms with Gasteiger partial charge in [-0.05, 0) is 0 Å². The zero-order chi connectivity index (χ0) is 13.6. The molecule has 0 spiro atoms. The Bertz CT molecular complexity index is 249. The molecule has 0 aromatic heterocycles. The summed E-state index contributed by atoms with van der Waals surface area (Å²) in [7, 11) is 0. The van der Waals surface area contributed by atoms with Crippen molar-refractivity contribution in [2.75, 3.05) is 0 Å². The predicted octanol–water partition coefficient (Wildman–Crippen LogP) is 2.71. The largest absolute Gasteiger partial charge is 0.425 e. The van der Waals surface area contributed by atoms with Crippen LogP contribution < -0.4 is 5.73 Å². The van der Waals surface area contributed by atoms with Crippen LogP contribution in [-0.2, 0) is 0 Å². The third kappa shape index (κ3) is 2.33. The summed E-state index contributed by atoms with van der Waals surface area (Å²) in [6.45, 7) is 0. The molecule has 1 atom stereocenters. The second-order valence-corrected chi connectivity index (χ2v) is 2.72. The highest BCUT2D eigenvalue weighted by atomic mass is 19.4. The Kier molecular flexibility index (Phi) is 3.47. The second kappa shape index (κ2) is 3.64. The highest BCUT2D eigenvalue weighted by Gasteiger charge is 2.77.